The number of nitrogens with zero attached hydrogens (tertiary/aromatic N) is 4. The van der Waals surface area contributed by atoms with Crippen molar-refractivity contribution in [3.05, 3.63) is 12.4 Å². The maximum atomic E-state index is 4.53. The van der Waals surface area contributed by atoms with Crippen LogP contribution >= 0.6 is 11.8 Å². The van der Waals surface area contributed by atoms with Crippen LogP contribution in [0.15, 0.2) is 17.4 Å². The van der Waals surface area contributed by atoms with Crippen LogP contribution in [-0.4, -0.2) is 38.0 Å². The van der Waals surface area contributed by atoms with Gasteiger partial charge in [-0.3, -0.25) is 9.67 Å². The second kappa shape index (κ2) is 4.86. The Kier molecular flexibility index (Phi) is 3.48. The minimum Gasteiger partial charge on any atom is -0.360 e. The van der Waals surface area contributed by atoms with Gasteiger partial charge in [0.05, 0.1) is 19.3 Å². The zero-order chi connectivity index (χ0) is 11.4. The fourth-order valence-corrected chi connectivity index (χ4v) is 2.82. The maximum absolute atomic E-state index is 4.53. The molecule has 0 amide bonds. The molecule has 1 aliphatic rings. The van der Waals surface area contributed by atoms with E-state index in [0.717, 1.165) is 24.0 Å². The molecule has 0 unspecified atom stereocenters. The van der Waals surface area contributed by atoms with Crippen molar-refractivity contribution in [3.8, 4) is 0 Å². The largest absolute Gasteiger partial charge is 0.360 e. The molecule has 1 N–H and O–H groups in total. The predicted molar refractivity (Wildman–Crippen MR) is 66.6 cm³/mol. The summed E-state index contributed by atoms with van der Waals surface area (Å²) in [5, 5.41) is 12.1. The summed E-state index contributed by atoms with van der Waals surface area (Å²) in [5.74, 6) is 1.14. The van der Waals surface area contributed by atoms with Gasteiger partial charge in [-0.15, -0.1) is 5.10 Å². The average molecular weight is 239 g/mol. The molecule has 0 bridgehead atoms. The van der Waals surface area contributed by atoms with Crippen LogP contribution in [0, 0.1) is 0 Å². The lowest BCUT2D eigenvalue weighted by Gasteiger charge is -2.32. The first-order chi connectivity index (χ1) is 7.66. The van der Waals surface area contributed by atoms with Crippen molar-refractivity contribution >= 4 is 16.9 Å². The number of nitrogens with one attached hydrogen (secondary N) is 1. The number of aromatic nitrogens is 3. The van der Waals surface area contributed by atoms with Crippen LogP contribution in [-0.2, 0) is 6.54 Å². The minimum absolute atomic E-state index is 0.178. The van der Waals surface area contributed by atoms with Crippen molar-refractivity contribution in [2.24, 2.45) is 4.99 Å². The monoisotopic (exact) mass is 239 g/mol. The Morgan fingerprint density at radius 1 is 1.62 bits per heavy atom. The molecular formula is C10H17N5S. The van der Waals surface area contributed by atoms with E-state index in [0.29, 0.717) is 0 Å². The van der Waals surface area contributed by atoms with Crippen LogP contribution in [0.4, 0.5) is 0 Å². The third-order valence-corrected chi connectivity index (χ3v) is 3.38. The molecule has 0 spiro atoms. The van der Waals surface area contributed by atoms with Gasteiger partial charge in [0, 0.05) is 17.5 Å². The van der Waals surface area contributed by atoms with E-state index in [-0.39, 0.29) is 5.54 Å². The lowest BCUT2D eigenvalue weighted by molar-refractivity contribution is 0.446. The summed E-state index contributed by atoms with van der Waals surface area (Å²) >= 11 is 1.80. The van der Waals surface area contributed by atoms with Crippen LogP contribution in [0.5, 0.6) is 0 Å². The van der Waals surface area contributed by atoms with Crippen molar-refractivity contribution in [2.45, 2.75) is 32.4 Å². The maximum Gasteiger partial charge on any atom is 0.157 e. The average Bonchev–Trinajstić information content (AvgIpc) is 2.69. The highest BCUT2D eigenvalue weighted by atomic mass is 32.2. The Balaban J connectivity index is 1.83. The third kappa shape index (κ3) is 3.23. The first kappa shape index (κ1) is 11.4. The van der Waals surface area contributed by atoms with E-state index in [1.807, 2.05) is 6.20 Å². The van der Waals surface area contributed by atoms with Crippen LogP contribution < -0.4 is 5.32 Å². The minimum atomic E-state index is 0.178. The van der Waals surface area contributed by atoms with E-state index >= 15 is 0 Å². The Labute approximate surface area is 99.7 Å². The lowest BCUT2D eigenvalue weighted by Crippen LogP contribution is -2.46. The first-order valence-electron chi connectivity index (χ1n) is 5.45. The quantitative estimate of drug-likeness (QED) is 0.859. The number of amidine groups is 1. The highest BCUT2D eigenvalue weighted by molar-refractivity contribution is 8.13. The topological polar surface area (TPSA) is 55.1 Å². The SMILES string of the molecule is CC1(C)CCSC(=NCCn2ccnn2)N1. The summed E-state index contributed by atoms with van der Waals surface area (Å²) in [4.78, 5) is 4.53. The molecule has 1 fully saturated rings. The van der Waals surface area contributed by atoms with Gasteiger partial charge in [-0.25, -0.2) is 0 Å². The molecule has 0 aliphatic carbocycles. The summed E-state index contributed by atoms with van der Waals surface area (Å²) in [7, 11) is 0. The fourth-order valence-electron chi connectivity index (χ4n) is 1.48. The van der Waals surface area contributed by atoms with Crippen molar-refractivity contribution in [2.75, 3.05) is 12.3 Å². The summed E-state index contributed by atoms with van der Waals surface area (Å²) in [6.07, 6.45) is 4.72. The highest BCUT2D eigenvalue weighted by Crippen LogP contribution is 2.21. The van der Waals surface area contributed by atoms with Gasteiger partial charge in [-0.05, 0) is 20.3 Å². The molecule has 0 radical (unpaired) electrons. The Hall–Kier alpha value is -1.04. The first-order valence-corrected chi connectivity index (χ1v) is 6.44. The number of thioether (sulfide) groups is 1. The molecule has 2 heterocycles. The van der Waals surface area contributed by atoms with E-state index in [2.05, 4.69) is 34.5 Å². The van der Waals surface area contributed by atoms with Crippen LogP contribution in [0.1, 0.15) is 20.3 Å². The van der Waals surface area contributed by atoms with Gasteiger partial charge in [0.25, 0.3) is 0 Å². The number of hydrogen-bond acceptors (Lipinski definition) is 4. The number of aliphatic imine (C=N–C) groups is 1. The third-order valence-electron chi connectivity index (χ3n) is 2.47. The summed E-state index contributed by atoms with van der Waals surface area (Å²) in [5.41, 5.74) is 0.178. The molecule has 6 heteroatoms. The summed E-state index contributed by atoms with van der Waals surface area (Å²) in [6.45, 7) is 5.94. The predicted octanol–water partition coefficient (Wildman–Crippen LogP) is 1.14. The van der Waals surface area contributed by atoms with Gasteiger partial charge in [0.1, 0.15) is 0 Å². The van der Waals surface area contributed by atoms with Gasteiger partial charge < -0.3 is 5.32 Å². The van der Waals surface area contributed by atoms with Gasteiger partial charge in [-0.1, -0.05) is 17.0 Å². The fraction of sp³-hybridized carbons (Fsp3) is 0.700. The van der Waals surface area contributed by atoms with E-state index in [1.165, 1.54) is 6.42 Å². The molecule has 0 atom stereocenters. The zero-order valence-electron chi connectivity index (χ0n) is 9.68. The number of hydrogen-bond donors (Lipinski definition) is 1. The van der Waals surface area contributed by atoms with Crippen molar-refractivity contribution in [1.29, 1.82) is 0 Å². The normalized spacial score (nSPS) is 22.0. The highest BCUT2D eigenvalue weighted by Gasteiger charge is 2.23. The molecule has 16 heavy (non-hydrogen) atoms. The second-order valence-corrected chi connectivity index (χ2v) is 5.54. The molecular weight excluding hydrogens is 222 g/mol. The molecule has 2 rings (SSSR count). The zero-order valence-corrected chi connectivity index (χ0v) is 10.5. The standard InChI is InChI=1S/C10H17N5S/c1-10(2)3-8-16-9(13-10)11-4-6-15-7-5-12-14-15/h5,7H,3-4,6,8H2,1-2H3,(H,11,13). The van der Waals surface area contributed by atoms with Crippen molar-refractivity contribution < 1.29 is 0 Å². The van der Waals surface area contributed by atoms with Crippen molar-refractivity contribution in [3.63, 3.8) is 0 Å². The van der Waals surface area contributed by atoms with E-state index in [9.17, 15) is 0 Å². The smallest absolute Gasteiger partial charge is 0.157 e. The van der Waals surface area contributed by atoms with Gasteiger partial charge in [0.2, 0.25) is 0 Å². The summed E-state index contributed by atoms with van der Waals surface area (Å²) < 4.78 is 1.79. The molecule has 1 aromatic rings. The van der Waals surface area contributed by atoms with Gasteiger partial charge in [0.15, 0.2) is 5.17 Å². The van der Waals surface area contributed by atoms with E-state index in [1.54, 1.807) is 22.6 Å². The molecule has 88 valence electrons. The summed E-state index contributed by atoms with van der Waals surface area (Å²) in [6, 6.07) is 0. The van der Waals surface area contributed by atoms with Crippen LogP contribution in [0.2, 0.25) is 0 Å². The molecule has 1 aromatic heterocycles. The van der Waals surface area contributed by atoms with E-state index < -0.39 is 0 Å². The van der Waals surface area contributed by atoms with Gasteiger partial charge in [-0.2, -0.15) is 0 Å². The second-order valence-electron chi connectivity index (χ2n) is 4.46. The molecule has 0 aromatic carbocycles. The van der Waals surface area contributed by atoms with Crippen LogP contribution in [0.3, 0.4) is 0 Å². The Morgan fingerprint density at radius 3 is 3.19 bits per heavy atom. The molecule has 1 aliphatic heterocycles. The Morgan fingerprint density at radius 2 is 2.50 bits per heavy atom. The van der Waals surface area contributed by atoms with Gasteiger partial charge >= 0.3 is 0 Å². The molecule has 0 saturated carbocycles. The Bertz CT molecular complexity index is 357. The van der Waals surface area contributed by atoms with Crippen molar-refractivity contribution in [1.82, 2.24) is 20.3 Å². The number of rotatable bonds is 3. The van der Waals surface area contributed by atoms with Crippen LogP contribution in [0.25, 0.3) is 0 Å². The lowest BCUT2D eigenvalue weighted by atomic mass is 10.0. The van der Waals surface area contributed by atoms with E-state index in [4.69, 9.17) is 0 Å². The molecule has 5 nitrogen and oxygen atoms in total. The molecule has 1 saturated heterocycles.